The molecule has 0 amide bonds. The highest BCUT2D eigenvalue weighted by atomic mass is 35.5. The molecule has 1 rings (SSSR count). The average Bonchev–Trinajstić information content (AvgIpc) is 2.28. The van der Waals surface area contributed by atoms with Crippen LogP contribution in [-0.2, 0) is 5.88 Å². The first-order valence-corrected chi connectivity index (χ1v) is 5.01. The van der Waals surface area contributed by atoms with E-state index < -0.39 is 12.8 Å². The van der Waals surface area contributed by atoms with Gasteiger partial charge in [0.2, 0.25) is 0 Å². The molecule has 0 heterocycles. The molecule has 0 bridgehead atoms. The van der Waals surface area contributed by atoms with Crippen LogP contribution in [0.3, 0.4) is 0 Å². The Morgan fingerprint density at radius 2 is 2.00 bits per heavy atom. The molecule has 0 N–H and O–H groups in total. The number of alkyl halides is 4. The molecule has 0 aliphatic carbocycles. The minimum absolute atomic E-state index is 0.0147. The number of ether oxygens (including phenoxy) is 1. The number of benzene rings is 1. The van der Waals surface area contributed by atoms with E-state index >= 15 is 0 Å². The van der Waals surface area contributed by atoms with Crippen LogP contribution >= 0.6 is 11.6 Å². The van der Waals surface area contributed by atoms with Crippen molar-refractivity contribution in [3.05, 3.63) is 35.9 Å². The SMILES string of the molecule is C=Cc1cc(CCl)cc(OC(F)C(F)F)c1. The Morgan fingerprint density at radius 3 is 2.50 bits per heavy atom. The molecule has 0 aromatic heterocycles. The third kappa shape index (κ3) is 3.45. The number of rotatable bonds is 5. The van der Waals surface area contributed by atoms with Gasteiger partial charge in [-0.3, -0.25) is 0 Å². The fourth-order valence-corrected chi connectivity index (χ4v) is 1.28. The van der Waals surface area contributed by atoms with Gasteiger partial charge in [0.15, 0.2) is 0 Å². The van der Waals surface area contributed by atoms with E-state index in [1.807, 2.05) is 0 Å². The molecule has 88 valence electrons. The van der Waals surface area contributed by atoms with E-state index in [1.165, 1.54) is 18.2 Å². The van der Waals surface area contributed by atoms with E-state index in [-0.39, 0.29) is 11.6 Å². The molecule has 0 fully saturated rings. The second kappa shape index (κ2) is 5.80. The molecule has 0 saturated carbocycles. The van der Waals surface area contributed by atoms with Gasteiger partial charge in [-0.05, 0) is 23.3 Å². The summed E-state index contributed by atoms with van der Waals surface area (Å²) in [6.45, 7) is 3.52. The zero-order chi connectivity index (χ0) is 12.1. The van der Waals surface area contributed by atoms with Crippen molar-refractivity contribution in [1.29, 1.82) is 0 Å². The van der Waals surface area contributed by atoms with E-state index in [4.69, 9.17) is 11.6 Å². The molecular formula is C11H10ClF3O. The van der Waals surface area contributed by atoms with Crippen LogP contribution in [0.2, 0.25) is 0 Å². The summed E-state index contributed by atoms with van der Waals surface area (Å²) in [5.41, 5.74) is 1.28. The van der Waals surface area contributed by atoms with Gasteiger partial charge in [0.25, 0.3) is 6.36 Å². The minimum Gasteiger partial charge on any atom is -0.454 e. The molecule has 0 aliphatic rings. The monoisotopic (exact) mass is 250 g/mol. The van der Waals surface area contributed by atoms with E-state index in [0.717, 1.165) is 0 Å². The Hall–Kier alpha value is -1.16. The molecule has 1 unspecified atom stereocenters. The normalized spacial score (nSPS) is 12.6. The quantitative estimate of drug-likeness (QED) is 0.718. The van der Waals surface area contributed by atoms with Crippen molar-refractivity contribution in [2.45, 2.75) is 18.7 Å². The molecule has 5 heteroatoms. The lowest BCUT2D eigenvalue weighted by Crippen LogP contribution is -2.19. The van der Waals surface area contributed by atoms with Crippen LogP contribution in [-0.4, -0.2) is 12.8 Å². The van der Waals surface area contributed by atoms with Gasteiger partial charge in [-0.25, -0.2) is 8.78 Å². The lowest BCUT2D eigenvalue weighted by molar-refractivity contribution is -0.0669. The Kier molecular flexibility index (Phi) is 4.68. The highest BCUT2D eigenvalue weighted by molar-refractivity contribution is 6.17. The van der Waals surface area contributed by atoms with Gasteiger partial charge in [-0.2, -0.15) is 4.39 Å². The summed E-state index contributed by atoms with van der Waals surface area (Å²) in [6.07, 6.45) is -4.31. The largest absolute Gasteiger partial charge is 0.454 e. The lowest BCUT2D eigenvalue weighted by Gasteiger charge is -2.12. The number of hydrogen-bond donors (Lipinski definition) is 0. The zero-order valence-corrected chi connectivity index (χ0v) is 9.05. The van der Waals surface area contributed by atoms with Crippen molar-refractivity contribution in [3.63, 3.8) is 0 Å². The highest BCUT2D eigenvalue weighted by Crippen LogP contribution is 2.22. The van der Waals surface area contributed by atoms with E-state index in [2.05, 4.69) is 11.3 Å². The van der Waals surface area contributed by atoms with Crippen LogP contribution < -0.4 is 4.74 Å². The summed E-state index contributed by atoms with van der Waals surface area (Å²) < 4.78 is 41.0. The summed E-state index contributed by atoms with van der Waals surface area (Å²) in [6, 6.07) is 4.54. The van der Waals surface area contributed by atoms with Crippen molar-refractivity contribution in [2.75, 3.05) is 0 Å². The van der Waals surface area contributed by atoms with E-state index in [9.17, 15) is 13.2 Å². The Balaban J connectivity index is 2.90. The van der Waals surface area contributed by atoms with Crippen molar-refractivity contribution in [2.24, 2.45) is 0 Å². The van der Waals surface area contributed by atoms with Gasteiger partial charge in [-0.15, -0.1) is 11.6 Å². The first-order chi connectivity index (χ1) is 7.56. The van der Waals surface area contributed by atoms with Crippen LogP contribution in [0.15, 0.2) is 24.8 Å². The Morgan fingerprint density at radius 1 is 1.31 bits per heavy atom. The molecular weight excluding hydrogens is 241 g/mol. The van der Waals surface area contributed by atoms with Gasteiger partial charge >= 0.3 is 6.43 Å². The predicted molar refractivity (Wildman–Crippen MR) is 57.6 cm³/mol. The van der Waals surface area contributed by atoms with Crippen LogP contribution in [0, 0.1) is 0 Å². The number of halogens is 4. The van der Waals surface area contributed by atoms with Crippen molar-refractivity contribution < 1.29 is 17.9 Å². The van der Waals surface area contributed by atoms with Crippen LogP contribution in [0.1, 0.15) is 11.1 Å². The van der Waals surface area contributed by atoms with Crippen molar-refractivity contribution in [3.8, 4) is 5.75 Å². The summed E-state index contributed by atoms with van der Waals surface area (Å²) in [7, 11) is 0. The minimum atomic E-state index is -3.17. The van der Waals surface area contributed by atoms with Gasteiger partial charge in [-0.1, -0.05) is 18.7 Å². The second-order valence-corrected chi connectivity index (χ2v) is 3.32. The van der Waals surface area contributed by atoms with Gasteiger partial charge in [0, 0.05) is 5.88 Å². The molecule has 0 saturated heterocycles. The summed E-state index contributed by atoms with van der Waals surface area (Å²) in [4.78, 5) is 0. The summed E-state index contributed by atoms with van der Waals surface area (Å²) in [5.74, 6) is 0.199. The summed E-state index contributed by atoms with van der Waals surface area (Å²) >= 11 is 5.60. The summed E-state index contributed by atoms with van der Waals surface area (Å²) in [5, 5.41) is 0. The highest BCUT2D eigenvalue weighted by Gasteiger charge is 2.20. The smallest absolute Gasteiger partial charge is 0.304 e. The molecule has 1 aromatic rings. The Bertz CT molecular complexity index is 368. The Labute approximate surface area is 96.5 Å². The van der Waals surface area contributed by atoms with Crippen molar-refractivity contribution >= 4 is 17.7 Å². The maximum absolute atomic E-state index is 12.7. The average molecular weight is 251 g/mol. The first kappa shape index (κ1) is 12.9. The zero-order valence-electron chi connectivity index (χ0n) is 8.30. The first-order valence-electron chi connectivity index (χ1n) is 4.48. The second-order valence-electron chi connectivity index (χ2n) is 3.05. The third-order valence-corrected chi connectivity index (χ3v) is 2.13. The maximum atomic E-state index is 12.7. The molecule has 16 heavy (non-hydrogen) atoms. The number of hydrogen-bond acceptors (Lipinski definition) is 1. The lowest BCUT2D eigenvalue weighted by atomic mass is 10.1. The fourth-order valence-electron chi connectivity index (χ4n) is 1.13. The molecule has 0 radical (unpaired) electrons. The molecule has 1 atom stereocenters. The fraction of sp³-hybridized carbons (Fsp3) is 0.273. The van der Waals surface area contributed by atoms with E-state index in [0.29, 0.717) is 11.1 Å². The van der Waals surface area contributed by atoms with Crippen LogP contribution in [0.5, 0.6) is 5.75 Å². The molecule has 1 aromatic carbocycles. The van der Waals surface area contributed by atoms with Crippen LogP contribution in [0.4, 0.5) is 13.2 Å². The van der Waals surface area contributed by atoms with Crippen molar-refractivity contribution in [1.82, 2.24) is 0 Å². The van der Waals surface area contributed by atoms with Crippen LogP contribution in [0.25, 0.3) is 6.08 Å². The molecule has 0 aliphatic heterocycles. The predicted octanol–water partition coefficient (Wildman–Crippen LogP) is 4.01. The standard InChI is InChI=1S/C11H10ClF3O/c1-2-7-3-8(6-12)5-9(4-7)16-11(15)10(13)14/h2-5,10-11H,1,6H2. The van der Waals surface area contributed by atoms with E-state index in [1.54, 1.807) is 6.07 Å². The maximum Gasteiger partial charge on any atom is 0.304 e. The molecule has 1 nitrogen and oxygen atoms in total. The molecule has 0 spiro atoms. The van der Waals surface area contributed by atoms with Gasteiger partial charge < -0.3 is 4.74 Å². The van der Waals surface area contributed by atoms with Gasteiger partial charge in [0.1, 0.15) is 5.75 Å². The topological polar surface area (TPSA) is 9.23 Å². The third-order valence-electron chi connectivity index (χ3n) is 1.83. The van der Waals surface area contributed by atoms with Gasteiger partial charge in [0.05, 0.1) is 0 Å².